The van der Waals surface area contributed by atoms with Gasteiger partial charge in [0.25, 0.3) is 0 Å². The number of fused-ring (bicyclic) bond motifs is 1. The van der Waals surface area contributed by atoms with Crippen molar-refractivity contribution in [3.05, 3.63) is 64.7 Å². The summed E-state index contributed by atoms with van der Waals surface area (Å²) in [4.78, 5) is 24.6. The van der Waals surface area contributed by atoms with Gasteiger partial charge in [-0.25, -0.2) is 0 Å². The van der Waals surface area contributed by atoms with Gasteiger partial charge in [0, 0.05) is 12.1 Å². The van der Waals surface area contributed by atoms with Gasteiger partial charge in [-0.05, 0) is 43.5 Å². The normalized spacial score (nSPS) is 17.7. The maximum absolute atomic E-state index is 12.7. The van der Waals surface area contributed by atoms with Crippen LogP contribution in [0.2, 0.25) is 0 Å². The highest BCUT2D eigenvalue weighted by Crippen LogP contribution is 2.36. The molecule has 0 bridgehead atoms. The molecular formula is C21H23NO4. The Balaban J connectivity index is 1.77. The van der Waals surface area contributed by atoms with Crippen molar-refractivity contribution in [3.63, 3.8) is 0 Å². The van der Waals surface area contributed by atoms with Crippen LogP contribution in [0.15, 0.2) is 42.5 Å². The number of carboxylic acid groups (broad SMARTS) is 1. The van der Waals surface area contributed by atoms with Crippen molar-refractivity contribution in [1.29, 1.82) is 0 Å². The van der Waals surface area contributed by atoms with Gasteiger partial charge in [-0.15, -0.1) is 0 Å². The van der Waals surface area contributed by atoms with Gasteiger partial charge in [0.1, 0.15) is 23.7 Å². The van der Waals surface area contributed by atoms with Gasteiger partial charge in [-0.1, -0.05) is 36.4 Å². The number of carbonyl (C=O) groups excluding carboxylic acids is 1. The molecule has 1 heterocycles. The summed E-state index contributed by atoms with van der Waals surface area (Å²) in [6.07, 6.45) is 0. The molecular weight excluding hydrogens is 330 g/mol. The van der Waals surface area contributed by atoms with Gasteiger partial charge >= 0.3 is 5.97 Å². The molecule has 136 valence electrons. The molecule has 2 aromatic carbocycles. The Hall–Kier alpha value is -2.82. The predicted octanol–water partition coefficient (Wildman–Crippen LogP) is 2.94. The van der Waals surface area contributed by atoms with E-state index in [1.165, 1.54) is 0 Å². The largest absolute Gasteiger partial charge is 0.492 e. The number of benzene rings is 2. The van der Waals surface area contributed by atoms with Gasteiger partial charge in [0.05, 0.1) is 0 Å². The number of rotatable bonds is 5. The first-order chi connectivity index (χ1) is 12.3. The second kappa shape index (κ2) is 6.83. The molecule has 0 aromatic heterocycles. The Labute approximate surface area is 153 Å². The average Bonchev–Trinajstić information content (AvgIpc) is 3.03. The van der Waals surface area contributed by atoms with Crippen molar-refractivity contribution >= 4 is 11.9 Å². The molecule has 0 spiro atoms. The Bertz CT molecular complexity index is 847. The molecule has 2 unspecified atom stereocenters. The van der Waals surface area contributed by atoms with Crippen LogP contribution >= 0.6 is 0 Å². The summed E-state index contributed by atoms with van der Waals surface area (Å²) in [5, 5.41) is 12.5. The third-order valence-electron chi connectivity index (χ3n) is 5.22. The first kappa shape index (κ1) is 18.0. The molecule has 0 saturated heterocycles. The van der Waals surface area contributed by atoms with Gasteiger partial charge in [0.2, 0.25) is 5.91 Å². The summed E-state index contributed by atoms with van der Waals surface area (Å²) in [5.74, 6) is -0.871. The van der Waals surface area contributed by atoms with Crippen molar-refractivity contribution in [2.45, 2.75) is 32.1 Å². The van der Waals surface area contributed by atoms with E-state index in [0.717, 1.165) is 22.4 Å². The molecule has 2 atom stereocenters. The summed E-state index contributed by atoms with van der Waals surface area (Å²) in [6.45, 7) is 5.92. The highest BCUT2D eigenvalue weighted by atomic mass is 16.5. The summed E-state index contributed by atoms with van der Waals surface area (Å²) in [5.41, 5.74) is 2.55. The monoisotopic (exact) mass is 353 g/mol. The van der Waals surface area contributed by atoms with Crippen LogP contribution in [0.5, 0.6) is 5.75 Å². The van der Waals surface area contributed by atoms with Crippen molar-refractivity contribution in [1.82, 2.24) is 5.32 Å². The lowest BCUT2D eigenvalue weighted by Gasteiger charge is -2.26. The number of ether oxygens (including phenoxy) is 1. The molecule has 0 aliphatic carbocycles. The van der Waals surface area contributed by atoms with E-state index in [9.17, 15) is 14.7 Å². The van der Waals surface area contributed by atoms with E-state index in [4.69, 9.17) is 4.74 Å². The van der Waals surface area contributed by atoms with E-state index in [1.807, 2.05) is 32.0 Å². The van der Waals surface area contributed by atoms with Crippen molar-refractivity contribution in [3.8, 4) is 5.75 Å². The van der Waals surface area contributed by atoms with Gasteiger partial charge < -0.3 is 15.2 Å². The fraction of sp³-hybridized carbons (Fsp3) is 0.333. The molecule has 0 fully saturated rings. The minimum atomic E-state index is -1.19. The zero-order chi connectivity index (χ0) is 18.9. The molecule has 1 aliphatic heterocycles. The van der Waals surface area contributed by atoms with E-state index < -0.39 is 17.3 Å². The van der Waals surface area contributed by atoms with Crippen LogP contribution in [0.1, 0.15) is 35.1 Å². The highest BCUT2D eigenvalue weighted by Gasteiger charge is 2.37. The number of amides is 1. The minimum Gasteiger partial charge on any atom is -0.492 e. The number of hydrogen-bond donors (Lipinski definition) is 2. The fourth-order valence-electron chi connectivity index (χ4n) is 3.18. The van der Waals surface area contributed by atoms with Crippen LogP contribution in [0.4, 0.5) is 0 Å². The molecule has 0 saturated carbocycles. The summed E-state index contributed by atoms with van der Waals surface area (Å²) in [7, 11) is 0. The Kier molecular flexibility index (Phi) is 4.72. The lowest BCUT2D eigenvalue weighted by molar-refractivity contribution is -0.143. The van der Waals surface area contributed by atoms with Gasteiger partial charge in [0.15, 0.2) is 0 Å². The lowest BCUT2D eigenvalue weighted by atomic mass is 9.82. The molecule has 0 radical (unpaired) electrons. The van der Waals surface area contributed by atoms with Crippen LogP contribution in [-0.2, 0) is 15.0 Å². The average molecular weight is 353 g/mol. The van der Waals surface area contributed by atoms with Crippen LogP contribution in [0, 0.1) is 13.8 Å². The highest BCUT2D eigenvalue weighted by molar-refractivity contribution is 5.87. The summed E-state index contributed by atoms with van der Waals surface area (Å²) >= 11 is 0. The first-order valence-electron chi connectivity index (χ1n) is 8.63. The quantitative estimate of drug-likeness (QED) is 0.867. The predicted molar refractivity (Wildman–Crippen MR) is 98.6 cm³/mol. The van der Waals surface area contributed by atoms with E-state index in [2.05, 4.69) is 5.32 Å². The number of carboxylic acids is 1. The molecule has 1 amide bonds. The van der Waals surface area contributed by atoms with E-state index in [0.29, 0.717) is 5.56 Å². The lowest BCUT2D eigenvalue weighted by Crippen LogP contribution is -2.45. The maximum Gasteiger partial charge on any atom is 0.315 e. The Morgan fingerprint density at radius 2 is 1.85 bits per heavy atom. The third kappa shape index (κ3) is 3.17. The van der Waals surface area contributed by atoms with Crippen molar-refractivity contribution in [2.75, 3.05) is 13.2 Å². The van der Waals surface area contributed by atoms with Gasteiger partial charge in [-0.3, -0.25) is 9.59 Å². The molecule has 5 heteroatoms. The van der Waals surface area contributed by atoms with Crippen molar-refractivity contribution in [2.24, 2.45) is 0 Å². The number of hydrogen-bond acceptors (Lipinski definition) is 3. The summed E-state index contributed by atoms with van der Waals surface area (Å²) < 4.78 is 5.65. The Morgan fingerprint density at radius 1 is 1.19 bits per heavy atom. The van der Waals surface area contributed by atoms with E-state index in [1.54, 1.807) is 31.2 Å². The number of nitrogens with one attached hydrogen (secondary N) is 1. The number of carbonyl (C=O) groups is 2. The topological polar surface area (TPSA) is 75.6 Å². The van der Waals surface area contributed by atoms with Crippen LogP contribution < -0.4 is 10.1 Å². The SMILES string of the molecule is Cc1cc2c(cc1C)C(C(=O)NCC(C)(C(=O)O)c1ccccc1)CO2. The van der Waals surface area contributed by atoms with E-state index in [-0.39, 0.29) is 19.1 Å². The van der Waals surface area contributed by atoms with Crippen LogP contribution in [-0.4, -0.2) is 30.1 Å². The molecule has 2 N–H and O–H groups in total. The number of aliphatic carboxylic acids is 1. The molecule has 26 heavy (non-hydrogen) atoms. The molecule has 1 aliphatic rings. The molecule has 3 rings (SSSR count). The second-order valence-corrected chi connectivity index (χ2v) is 7.06. The molecule has 5 nitrogen and oxygen atoms in total. The second-order valence-electron chi connectivity index (χ2n) is 7.06. The maximum atomic E-state index is 12.7. The van der Waals surface area contributed by atoms with E-state index >= 15 is 0 Å². The number of aryl methyl sites for hydroxylation is 2. The van der Waals surface area contributed by atoms with Gasteiger partial charge in [-0.2, -0.15) is 0 Å². The third-order valence-corrected chi connectivity index (χ3v) is 5.22. The first-order valence-corrected chi connectivity index (χ1v) is 8.63. The van der Waals surface area contributed by atoms with Crippen LogP contribution in [0.25, 0.3) is 0 Å². The smallest absolute Gasteiger partial charge is 0.315 e. The van der Waals surface area contributed by atoms with Crippen LogP contribution in [0.3, 0.4) is 0 Å². The standard InChI is InChI=1S/C21H23NO4/c1-13-9-16-17(11-26-18(16)10-14(13)2)19(23)22-12-21(3,20(24)25)15-7-5-4-6-8-15/h4-10,17H,11-12H2,1-3H3,(H,22,23)(H,24,25). The minimum absolute atomic E-state index is 0.0157. The zero-order valence-electron chi connectivity index (χ0n) is 15.2. The fourth-order valence-corrected chi connectivity index (χ4v) is 3.18. The molecule has 2 aromatic rings. The van der Waals surface area contributed by atoms with Crippen molar-refractivity contribution < 1.29 is 19.4 Å². The Morgan fingerprint density at radius 3 is 2.50 bits per heavy atom. The zero-order valence-corrected chi connectivity index (χ0v) is 15.2. The summed E-state index contributed by atoms with van der Waals surface area (Å²) in [6, 6.07) is 12.9.